The quantitative estimate of drug-likeness (QED) is 0.839. The average molecular weight is 264 g/mol. The van der Waals surface area contributed by atoms with E-state index in [0.29, 0.717) is 0 Å². The molecule has 0 spiro atoms. The zero-order valence-corrected chi connectivity index (χ0v) is 9.45. The van der Waals surface area contributed by atoms with Gasteiger partial charge in [-0.05, 0) is 13.0 Å². The SMILES string of the molecule is CCOC(=O)c1cc(N)ncc1OCC(F)(F)F. The van der Waals surface area contributed by atoms with Crippen LogP contribution in [0.5, 0.6) is 5.75 Å². The second kappa shape index (κ2) is 5.56. The maximum atomic E-state index is 12.0. The minimum Gasteiger partial charge on any atom is -0.482 e. The number of hydrogen-bond donors (Lipinski definition) is 1. The molecule has 2 N–H and O–H groups in total. The largest absolute Gasteiger partial charge is 0.482 e. The average Bonchev–Trinajstić information content (AvgIpc) is 2.26. The maximum Gasteiger partial charge on any atom is 0.422 e. The highest BCUT2D eigenvalue weighted by Gasteiger charge is 2.29. The number of ether oxygens (including phenoxy) is 2. The highest BCUT2D eigenvalue weighted by Crippen LogP contribution is 2.23. The van der Waals surface area contributed by atoms with Crippen LogP contribution in [-0.2, 0) is 4.74 Å². The van der Waals surface area contributed by atoms with E-state index in [2.05, 4.69) is 14.5 Å². The van der Waals surface area contributed by atoms with E-state index >= 15 is 0 Å². The van der Waals surface area contributed by atoms with Gasteiger partial charge < -0.3 is 15.2 Å². The summed E-state index contributed by atoms with van der Waals surface area (Å²) in [4.78, 5) is 15.0. The van der Waals surface area contributed by atoms with Crippen LogP contribution in [0.2, 0.25) is 0 Å². The van der Waals surface area contributed by atoms with Gasteiger partial charge in [0.1, 0.15) is 11.4 Å². The van der Waals surface area contributed by atoms with E-state index in [1.54, 1.807) is 6.92 Å². The summed E-state index contributed by atoms with van der Waals surface area (Å²) in [5.74, 6) is -1.15. The van der Waals surface area contributed by atoms with Gasteiger partial charge in [0.15, 0.2) is 12.4 Å². The molecule has 0 unspecified atom stereocenters. The summed E-state index contributed by atoms with van der Waals surface area (Å²) in [6.07, 6.45) is -3.55. The first kappa shape index (κ1) is 14.1. The zero-order valence-electron chi connectivity index (χ0n) is 9.45. The van der Waals surface area contributed by atoms with E-state index in [9.17, 15) is 18.0 Å². The van der Waals surface area contributed by atoms with Crippen LogP contribution in [0.1, 0.15) is 17.3 Å². The molecule has 0 fully saturated rings. The molecule has 100 valence electrons. The molecule has 0 aromatic carbocycles. The van der Waals surface area contributed by atoms with Gasteiger partial charge in [0.25, 0.3) is 0 Å². The Kier molecular flexibility index (Phi) is 4.35. The summed E-state index contributed by atoms with van der Waals surface area (Å²) >= 11 is 0. The molecule has 0 aliphatic rings. The van der Waals surface area contributed by atoms with Crippen molar-refractivity contribution in [2.24, 2.45) is 0 Å². The summed E-state index contributed by atoms with van der Waals surface area (Å²) < 4.78 is 45.2. The molecule has 18 heavy (non-hydrogen) atoms. The van der Waals surface area contributed by atoms with Crippen molar-refractivity contribution >= 4 is 11.8 Å². The molecule has 0 amide bonds. The Hall–Kier alpha value is -1.99. The first-order valence-corrected chi connectivity index (χ1v) is 4.95. The normalized spacial score (nSPS) is 11.1. The molecular weight excluding hydrogens is 253 g/mol. The smallest absolute Gasteiger partial charge is 0.422 e. The first-order valence-electron chi connectivity index (χ1n) is 4.95. The Morgan fingerprint density at radius 1 is 1.50 bits per heavy atom. The number of esters is 1. The molecule has 0 aliphatic heterocycles. The van der Waals surface area contributed by atoms with Crippen molar-refractivity contribution in [3.63, 3.8) is 0 Å². The third-order valence-corrected chi connectivity index (χ3v) is 1.78. The Morgan fingerprint density at radius 3 is 2.72 bits per heavy atom. The lowest BCUT2D eigenvalue weighted by molar-refractivity contribution is -0.153. The molecule has 0 saturated heterocycles. The number of nitrogen functional groups attached to an aromatic ring is 1. The molecule has 5 nitrogen and oxygen atoms in total. The number of rotatable bonds is 4. The monoisotopic (exact) mass is 264 g/mol. The number of anilines is 1. The third kappa shape index (κ3) is 4.11. The van der Waals surface area contributed by atoms with Crippen LogP contribution < -0.4 is 10.5 Å². The predicted octanol–water partition coefficient (Wildman–Crippen LogP) is 1.78. The van der Waals surface area contributed by atoms with Crippen molar-refractivity contribution in [2.75, 3.05) is 18.9 Å². The van der Waals surface area contributed by atoms with E-state index in [1.165, 1.54) is 0 Å². The van der Waals surface area contributed by atoms with Gasteiger partial charge in [-0.2, -0.15) is 13.2 Å². The molecular formula is C10H11F3N2O3. The number of nitrogens with two attached hydrogens (primary N) is 1. The van der Waals surface area contributed by atoms with E-state index < -0.39 is 18.8 Å². The lowest BCUT2D eigenvalue weighted by Gasteiger charge is -2.12. The van der Waals surface area contributed by atoms with Crippen LogP contribution in [0.4, 0.5) is 19.0 Å². The summed E-state index contributed by atoms with van der Waals surface area (Å²) in [6, 6.07) is 1.10. The van der Waals surface area contributed by atoms with Crippen LogP contribution >= 0.6 is 0 Å². The van der Waals surface area contributed by atoms with Crippen molar-refractivity contribution < 1.29 is 27.4 Å². The minimum atomic E-state index is -4.51. The van der Waals surface area contributed by atoms with Gasteiger partial charge in [-0.1, -0.05) is 0 Å². The van der Waals surface area contributed by atoms with Crippen molar-refractivity contribution in [2.45, 2.75) is 13.1 Å². The van der Waals surface area contributed by atoms with E-state index in [1.807, 2.05) is 0 Å². The molecule has 8 heteroatoms. The first-order chi connectivity index (χ1) is 8.33. The molecule has 1 rings (SSSR count). The van der Waals surface area contributed by atoms with Crippen molar-refractivity contribution in [3.8, 4) is 5.75 Å². The van der Waals surface area contributed by atoms with Crippen molar-refractivity contribution in [3.05, 3.63) is 17.8 Å². The number of hydrogen-bond acceptors (Lipinski definition) is 5. The standard InChI is InChI=1S/C10H11F3N2O3/c1-2-17-9(16)6-3-8(14)15-4-7(6)18-5-10(11,12)13/h3-4H,2,5H2,1H3,(H2,14,15). The minimum absolute atomic E-state index is 0.0163. The Labute approximate surface area is 101 Å². The van der Waals surface area contributed by atoms with Gasteiger partial charge in [0.05, 0.1) is 12.8 Å². The molecule has 0 bridgehead atoms. The Morgan fingerprint density at radius 2 is 2.17 bits per heavy atom. The van der Waals surface area contributed by atoms with Crippen LogP contribution in [0.3, 0.4) is 0 Å². The lowest BCUT2D eigenvalue weighted by atomic mass is 10.2. The van der Waals surface area contributed by atoms with E-state index in [-0.39, 0.29) is 23.7 Å². The van der Waals surface area contributed by atoms with E-state index in [4.69, 9.17) is 5.73 Å². The second-order valence-corrected chi connectivity index (χ2v) is 3.23. The fourth-order valence-electron chi connectivity index (χ4n) is 1.10. The highest BCUT2D eigenvalue weighted by atomic mass is 19.4. The summed E-state index contributed by atoms with van der Waals surface area (Å²) in [6.45, 7) is 0.128. The molecule has 0 atom stereocenters. The summed E-state index contributed by atoms with van der Waals surface area (Å²) in [5.41, 5.74) is 5.16. The molecule has 1 aromatic heterocycles. The van der Waals surface area contributed by atoms with E-state index in [0.717, 1.165) is 12.3 Å². The second-order valence-electron chi connectivity index (χ2n) is 3.23. The number of pyridine rings is 1. The molecule has 0 aliphatic carbocycles. The van der Waals surface area contributed by atoms with Gasteiger partial charge in [0.2, 0.25) is 0 Å². The topological polar surface area (TPSA) is 74.4 Å². The summed E-state index contributed by atoms with van der Waals surface area (Å²) in [5, 5.41) is 0. The number of alkyl halides is 3. The van der Waals surface area contributed by atoms with Crippen LogP contribution in [0.15, 0.2) is 12.3 Å². The van der Waals surface area contributed by atoms with Gasteiger partial charge in [-0.15, -0.1) is 0 Å². The number of carbonyl (C=O) groups is 1. The number of carbonyl (C=O) groups excluding carboxylic acids is 1. The van der Waals surface area contributed by atoms with Gasteiger partial charge in [-0.25, -0.2) is 9.78 Å². The molecule has 1 heterocycles. The molecule has 0 saturated carbocycles. The highest BCUT2D eigenvalue weighted by molar-refractivity contribution is 5.93. The summed E-state index contributed by atoms with van der Waals surface area (Å²) in [7, 11) is 0. The van der Waals surface area contributed by atoms with Crippen LogP contribution in [-0.4, -0.2) is 30.3 Å². The van der Waals surface area contributed by atoms with Crippen LogP contribution in [0.25, 0.3) is 0 Å². The number of nitrogens with zero attached hydrogens (tertiary/aromatic N) is 1. The molecule has 1 aromatic rings. The Balaban J connectivity index is 2.93. The number of halogens is 3. The van der Waals surface area contributed by atoms with Crippen LogP contribution in [0, 0.1) is 0 Å². The fraction of sp³-hybridized carbons (Fsp3) is 0.400. The maximum absolute atomic E-state index is 12.0. The van der Waals surface area contributed by atoms with Gasteiger partial charge >= 0.3 is 12.1 Å². The molecule has 0 radical (unpaired) electrons. The third-order valence-electron chi connectivity index (χ3n) is 1.78. The zero-order chi connectivity index (χ0) is 13.8. The van der Waals surface area contributed by atoms with Gasteiger partial charge in [-0.3, -0.25) is 0 Å². The number of aromatic nitrogens is 1. The van der Waals surface area contributed by atoms with Crippen molar-refractivity contribution in [1.82, 2.24) is 4.98 Å². The fourth-order valence-corrected chi connectivity index (χ4v) is 1.10. The van der Waals surface area contributed by atoms with Crippen molar-refractivity contribution in [1.29, 1.82) is 0 Å². The lowest BCUT2D eigenvalue weighted by Crippen LogP contribution is -2.20. The van der Waals surface area contributed by atoms with Gasteiger partial charge in [0, 0.05) is 0 Å². The predicted molar refractivity (Wildman–Crippen MR) is 56.2 cm³/mol. The Bertz CT molecular complexity index is 435.